The maximum atomic E-state index is 6.31. The Hall–Kier alpha value is -0.910. The first kappa shape index (κ1) is 14.5. The van der Waals surface area contributed by atoms with E-state index < -0.39 is 0 Å². The summed E-state index contributed by atoms with van der Waals surface area (Å²) in [6.45, 7) is 7.03. The Morgan fingerprint density at radius 1 is 1.47 bits per heavy atom. The number of likely N-dealkylation sites (N-methyl/N-ethyl adjacent to an activating group) is 1. The van der Waals surface area contributed by atoms with Crippen LogP contribution in [0.3, 0.4) is 0 Å². The van der Waals surface area contributed by atoms with Crippen molar-refractivity contribution in [2.75, 3.05) is 6.54 Å². The van der Waals surface area contributed by atoms with Gasteiger partial charge in [0.1, 0.15) is 5.15 Å². The third kappa shape index (κ3) is 3.16. The van der Waals surface area contributed by atoms with Crippen LogP contribution in [0.4, 0.5) is 0 Å². The zero-order chi connectivity index (χ0) is 14.0. The molecule has 2 aromatic heterocycles. The molecule has 0 fully saturated rings. The molecule has 1 unspecified atom stereocenters. The first-order chi connectivity index (χ1) is 9.02. The van der Waals surface area contributed by atoms with Crippen LogP contribution in [0.5, 0.6) is 0 Å². The quantitative estimate of drug-likeness (QED) is 0.922. The highest BCUT2D eigenvalue weighted by Crippen LogP contribution is 2.26. The van der Waals surface area contributed by atoms with E-state index in [9.17, 15) is 0 Å². The van der Waals surface area contributed by atoms with E-state index in [1.54, 1.807) is 16.0 Å². The summed E-state index contributed by atoms with van der Waals surface area (Å²) in [5.74, 6) is 0. The van der Waals surface area contributed by atoms with Gasteiger partial charge in [0.05, 0.1) is 22.4 Å². The highest BCUT2D eigenvalue weighted by Gasteiger charge is 2.19. The Morgan fingerprint density at radius 2 is 2.21 bits per heavy atom. The summed E-state index contributed by atoms with van der Waals surface area (Å²) in [6, 6.07) is 0.190. The average molecular weight is 299 g/mol. The predicted molar refractivity (Wildman–Crippen MR) is 79.9 cm³/mol. The molecule has 0 aliphatic rings. The van der Waals surface area contributed by atoms with Crippen molar-refractivity contribution in [1.29, 1.82) is 0 Å². The van der Waals surface area contributed by atoms with Gasteiger partial charge in [0, 0.05) is 18.0 Å². The molecule has 2 aromatic rings. The van der Waals surface area contributed by atoms with Gasteiger partial charge in [-0.3, -0.25) is 4.68 Å². The summed E-state index contributed by atoms with van der Waals surface area (Å²) in [7, 11) is 1.87. The first-order valence-corrected chi connectivity index (χ1v) is 7.62. The van der Waals surface area contributed by atoms with E-state index in [0.29, 0.717) is 5.15 Å². The average Bonchev–Trinajstić information content (AvgIpc) is 2.88. The van der Waals surface area contributed by atoms with Gasteiger partial charge in [0.25, 0.3) is 0 Å². The number of nitrogens with one attached hydrogen (secondary N) is 1. The van der Waals surface area contributed by atoms with E-state index in [1.807, 2.05) is 20.9 Å². The molecule has 0 saturated carbocycles. The van der Waals surface area contributed by atoms with Gasteiger partial charge < -0.3 is 5.32 Å². The van der Waals surface area contributed by atoms with Crippen molar-refractivity contribution in [2.24, 2.45) is 7.05 Å². The van der Waals surface area contributed by atoms with E-state index >= 15 is 0 Å². The number of rotatable bonds is 5. The summed E-state index contributed by atoms with van der Waals surface area (Å²) in [6.07, 6.45) is 0.815. The van der Waals surface area contributed by atoms with Crippen molar-refractivity contribution in [2.45, 2.75) is 33.2 Å². The maximum Gasteiger partial charge on any atom is 0.130 e. The zero-order valence-electron chi connectivity index (χ0n) is 11.7. The largest absolute Gasteiger partial charge is 0.309 e. The third-order valence-corrected chi connectivity index (χ3v) is 4.39. The van der Waals surface area contributed by atoms with Crippen molar-refractivity contribution >= 4 is 22.9 Å². The Morgan fingerprint density at radius 3 is 2.68 bits per heavy atom. The number of aryl methyl sites for hydroxylation is 3. The fourth-order valence-corrected chi connectivity index (χ4v) is 3.10. The van der Waals surface area contributed by atoms with Crippen molar-refractivity contribution in [3.8, 4) is 0 Å². The van der Waals surface area contributed by atoms with E-state index in [-0.39, 0.29) is 6.04 Å². The molecule has 0 spiro atoms. The van der Waals surface area contributed by atoms with Gasteiger partial charge in [0.2, 0.25) is 0 Å². The van der Waals surface area contributed by atoms with Gasteiger partial charge in [0.15, 0.2) is 0 Å². The van der Waals surface area contributed by atoms with Crippen molar-refractivity contribution < 1.29 is 0 Å². The molecular weight excluding hydrogens is 280 g/mol. The molecular formula is C13H19ClN4S. The number of thiazole rings is 1. The molecule has 104 valence electrons. The van der Waals surface area contributed by atoms with E-state index in [4.69, 9.17) is 11.6 Å². The SMILES string of the molecule is CCNC(Cc1c(C)nn(C)c1Cl)c1csc(C)n1. The highest BCUT2D eigenvalue weighted by atomic mass is 35.5. The Balaban J connectivity index is 2.26. The Bertz CT molecular complexity index is 561. The molecule has 0 amide bonds. The molecule has 0 radical (unpaired) electrons. The smallest absolute Gasteiger partial charge is 0.130 e. The van der Waals surface area contributed by atoms with E-state index in [1.165, 1.54) is 0 Å². The van der Waals surface area contributed by atoms with Gasteiger partial charge in [-0.05, 0) is 26.8 Å². The second kappa shape index (κ2) is 6.03. The predicted octanol–water partition coefficient (Wildman–Crippen LogP) is 3.04. The maximum absolute atomic E-state index is 6.31. The van der Waals surface area contributed by atoms with Crippen LogP contribution in [0, 0.1) is 13.8 Å². The van der Waals surface area contributed by atoms with Crippen LogP contribution in [0.25, 0.3) is 0 Å². The lowest BCUT2D eigenvalue weighted by molar-refractivity contribution is 0.537. The monoisotopic (exact) mass is 298 g/mol. The van der Waals surface area contributed by atoms with Crippen molar-refractivity contribution in [3.63, 3.8) is 0 Å². The number of hydrogen-bond acceptors (Lipinski definition) is 4. The van der Waals surface area contributed by atoms with E-state index in [0.717, 1.165) is 34.9 Å². The van der Waals surface area contributed by atoms with Crippen molar-refractivity contribution in [1.82, 2.24) is 20.1 Å². The molecule has 2 heterocycles. The molecule has 0 saturated heterocycles. The summed E-state index contributed by atoms with van der Waals surface area (Å²) < 4.78 is 1.72. The molecule has 1 N–H and O–H groups in total. The Labute approximate surface area is 122 Å². The number of hydrogen-bond donors (Lipinski definition) is 1. The minimum absolute atomic E-state index is 0.190. The van der Waals surface area contributed by atoms with Crippen molar-refractivity contribution in [3.05, 3.63) is 32.5 Å². The zero-order valence-corrected chi connectivity index (χ0v) is 13.3. The standard InChI is InChI=1S/C13H19ClN4S/c1-5-15-11(12-7-19-9(3)16-12)6-10-8(2)17-18(4)13(10)14/h7,11,15H,5-6H2,1-4H3. The summed E-state index contributed by atoms with van der Waals surface area (Å²) in [5, 5.41) is 11.8. The number of aromatic nitrogens is 3. The van der Waals surface area contributed by atoms with Crippen LogP contribution in [0.15, 0.2) is 5.38 Å². The lowest BCUT2D eigenvalue weighted by Crippen LogP contribution is -2.23. The van der Waals surface area contributed by atoms with Crippen LogP contribution in [0.2, 0.25) is 5.15 Å². The second-order valence-electron chi connectivity index (χ2n) is 4.58. The lowest BCUT2D eigenvalue weighted by atomic mass is 10.0. The molecule has 0 bridgehead atoms. The topological polar surface area (TPSA) is 42.7 Å². The molecule has 2 rings (SSSR count). The molecule has 4 nitrogen and oxygen atoms in total. The minimum Gasteiger partial charge on any atom is -0.309 e. The van der Waals surface area contributed by atoms with Crippen LogP contribution < -0.4 is 5.32 Å². The van der Waals surface area contributed by atoms with Gasteiger partial charge in [-0.15, -0.1) is 11.3 Å². The fraction of sp³-hybridized carbons (Fsp3) is 0.538. The van der Waals surface area contributed by atoms with Crippen LogP contribution in [-0.2, 0) is 13.5 Å². The normalized spacial score (nSPS) is 12.9. The van der Waals surface area contributed by atoms with Gasteiger partial charge in [-0.1, -0.05) is 18.5 Å². The van der Waals surface area contributed by atoms with Crippen LogP contribution in [0.1, 0.15) is 34.9 Å². The third-order valence-electron chi connectivity index (χ3n) is 3.12. The van der Waals surface area contributed by atoms with Crippen LogP contribution >= 0.6 is 22.9 Å². The van der Waals surface area contributed by atoms with Gasteiger partial charge in [-0.2, -0.15) is 5.10 Å². The highest BCUT2D eigenvalue weighted by molar-refractivity contribution is 7.09. The van der Waals surface area contributed by atoms with Crippen LogP contribution in [-0.4, -0.2) is 21.3 Å². The fourth-order valence-electron chi connectivity index (χ4n) is 2.18. The van der Waals surface area contributed by atoms with E-state index in [2.05, 4.69) is 27.7 Å². The molecule has 1 atom stereocenters. The second-order valence-corrected chi connectivity index (χ2v) is 6.00. The minimum atomic E-state index is 0.190. The summed E-state index contributed by atoms with van der Waals surface area (Å²) >= 11 is 7.98. The molecule has 0 aromatic carbocycles. The van der Waals surface area contributed by atoms with Gasteiger partial charge in [-0.25, -0.2) is 4.98 Å². The summed E-state index contributed by atoms with van der Waals surface area (Å²) in [5.41, 5.74) is 3.17. The Kier molecular flexibility index (Phi) is 4.60. The molecule has 0 aliphatic heterocycles. The first-order valence-electron chi connectivity index (χ1n) is 6.36. The number of halogens is 1. The van der Waals surface area contributed by atoms with Gasteiger partial charge >= 0.3 is 0 Å². The molecule has 19 heavy (non-hydrogen) atoms. The molecule has 0 aliphatic carbocycles. The molecule has 6 heteroatoms. The lowest BCUT2D eigenvalue weighted by Gasteiger charge is -2.15. The summed E-state index contributed by atoms with van der Waals surface area (Å²) in [4.78, 5) is 4.58. The number of nitrogens with zero attached hydrogens (tertiary/aromatic N) is 3.